The monoisotopic (exact) mass is 368 g/mol. The molecule has 7 heteroatoms. The van der Waals surface area contributed by atoms with E-state index in [0.29, 0.717) is 12.6 Å². The van der Waals surface area contributed by atoms with Crippen LogP contribution in [0.3, 0.4) is 0 Å². The van der Waals surface area contributed by atoms with Crippen LogP contribution in [0.5, 0.6) is 5.75 Å². The van der Waals surface area contributed by atoms with E-state index in [9.17, 15) is 5.11 Å². The number of phenols is 1. The first-order valence-corrected chi connectivity index (χ1v) is 12.3. The van der Waals surface area contributed by atoms with E-state index in [2.05, 4.69) is 34.8 Å². The number of hydrogen-bond donors (Lipinski definition) is 1. The standard InChI is InChI=1S/C19H24N4O2Si/c1-26(2,3)8-7-25-14-23-13-21-22-19(23)17-9-16(11-20-12-17)15-5-4-6-18(24)10-15/h4-6,9-13,24H,7-8,14H2,1-3H3. The van der Waals surface area contributed by atoms with Crippen LogP contribution in [0.15, 0.2) is 49.1 Å². The minimum Gasteiger partial charge on any atom is -0.508 e. The predicted octanol–water partition coefficient (Wildman–Crippen LogP) is 4.03. The lowest BCUT2D eigenvalue weighted by atomic mass is 10.1. The maximum Gasteiger partial charge on any atom is 0.167 e. The third-order valence-corrected chi connectivity index (χ3v) is 5.72. The number of aromatic hydroxyl groups is 1. The molecule has 0 saturated heterocycles. The van der Waals surface area contributed by atoms with Gasteiger partial charge in [-0.1, -0.05) is 31.8 Å². The molecule has 0 radical (unpaired) electrons. The number of phenolic OH excluding ortho intramolecular Hbond substituents is 1. The predicted molar refractivity (Wildman–Crippen MR) is 104 cm³/mol. The Balaban J connectivity index is 1.76. The molecule has 3 aromatic rings. The van der Waals surface area contributed by atoms with Gasteiger partial charge in [-0.25, -0.2) is 0 Å². The van der Waals surface area contributed by atoms with E-state index >= 15 is 0 Å². The molecule has 1 aromatic carbocycles. The second-order valence-electron chi connectivity index (χ2n) is 7.48. The third-order valence-electron chi connectivity index (χ3n) is 4.02. The minimum absolute atomic E-state index is 0.229. The highest BCUT2D eigenvalue weighted by atomic mass is 28.3. The summed E-state index contributed by atoms with van der Waals surface area (Å²) in [6, 6.07) is 10.2. The van der Waals surface area contributed by atoms with Gasteiger partial charge in [-0.05, 0) is 29.8 Å². The Morgan fingerprint density at radius 2 is 1.88 bits per heavy atom. The second-order valence-corrected chi connectivity index (χ2v) is 13.1. The normalized spacial score (nSPS) is 11.7. The van der Waals surface area contributed by atoms with E-state index in [-0.39, 0.29) is 5.75 Å². The van der Waals surface area contributed by atoms with Crippen LogP contribution in [0.4, 0.5) is 0 Å². The molecule has 0 amide bonds. The molecule has 0 unspecified atom stereocenters. The van der Waals surface area contributed by atoms with Crippen LogP contribution < -0.4 is 0 Å². The van der Waals surface area contributed by atoms with Gasteiger partial charge < -0.3 is 9.84 Å². The van der Waals surface area contributed by atoms with Gasteiger partial charge >= 0.3 is 0 Å². The van der Waals surface area contributed by atoms with Gasteiger partial charge in [-0.3, -0.25) is 9.55 Å². The minimum atomic E-state index is -1.10. The zero-order valence-corrected chi connectivity index (χ0v) is 16.4. The van der Waals surface area contributed by atoms with Crippen LogP contribution >= 0.6 is 0 Å². The molecule has 0 bridgehead atoms. The van der Waals surface area contributed by atoms with E-state index < -0.39 is 8.07 Å². The molecule has 0 atom stereocenters. The SMILES string of the molecule is C[Si](C)(C)CCOCn1cnnc1-c1cncc(-c2cccc(O)c2)c1. The van der Waals surface area contributed by atoms with E-state index in [1.807, 2.05) is 22.8 Å². The zero-order valence-electron chi connectivity index (χ0n) is 15.4. The highest BCUT2D eigenvalue weighted by Crippen LogP contribution is 2.26. The number of nitrogens with zero attached hydrogens (tertiary/aromatic N) is 4. The summed E-state index contributed by atoms with van der Waals surface area (Å²) in [6.45, 7) is 8.16. The fraction of sp³-hybridized carbons (Fsp3) is 0.316. The lowest BCUT2D eigenvalue weighted by molar-refractivity contribution is 0.0880. The Morgan fingerprint density at radius 1 is 1.08 bits per heavy atom. The van der Waals surface area contributed by atoms with Gasteiger partial charge in [0.15, 0.2) is 5.82 Å². The molecule has 2 aromatic heterocycles. The summed E-state index contributed by atoms with van der Waals surface area (Å²) >= 11 is 0. The molecule has 0 aliphatic carbocycles. The van der Waals surface area contributed by atoms with Crippen molar-refractivity contribution in [3.63, 3.8) is 0 Å². The summed E-state index contributed by atoms with van der Waals surface area (Å²) in [6.07, 6.45) is 5.20. The first-order chi connectivity index (χ1) is 12.4. The van der Waals surface area contributed by atoms with Crippen molar-refractivity contribution < 1.29 is 9.84 Å². The molecule has 6 nitrogen and oxygen atoms in total. The van der Waals surface area contributed by atoms with E-state index in [0.717, 1.165) is 29.3 Å². The number of benzene rings is 1. The summed E-state index contributed by atoms with van der Waals surface area (Å²) in [5.74, 6) is 0.944. The van der Waals surface area contributed by atoms with Crippen molar-refractivity contribution in [2.45, 2.75) is 32.4 Å². The van der Waals surface area contributed by atoms with Crippen LogP contribution in [-0.4, -0.2) is 39.5 Å². The van der Waals surface area contributed by atoms with Crippen LogP contribution in [0, 0.1) is 0 Å². The Bertz CT molecular complexity index is 874. The van der Waals surface area contributed by atoms with Gasteiger partial charge in [0.2, 0.25) is 0 Å². The molecular weight excluding hydrogens is 344 g/mol. The van der Waals surface area contributed by atoms with Gasteiger partial charge in [0.05, 0.1) is 0 Å². The van der Waals surface area contributed by atoms with E-state index in [1.54, 1.807) is 30.9 Å². The van der Waals surface area contributed by atoms with Crippen molar-refractivity contribution in [2.24, 2.45) is 0 Å². The van der Waals surface area contributed by atoms with Gasteiger partial charge in [0.1, 0.15) is 18.8 Å². The molecule has 0 spiro atoms. The molecule has 0 aliphatic heterocycles. The molecule has 136 valence electrons. The second kappa shape index (κ2) is 7.80. The average molecular weight is 369 g/mol. The Morgan fingerprint density at radius 3 is 2.65 bits per heavy atom. The van der Waals surface area contributed by atoms with Crippen LogP contribution in [0.1, 0.15) is 0 Å². The largest absolute Gasteiger partial charge is 0.508 e. The van der Waals surface area contributed by atoms with Gasteiger partial charge in [0, 0.05) is 38.2 Å². The molecule has 0 saturated carbocycles. The molecular formula is C19H24N4O2Si. The average Bonchev–Trinajstić information content (AvgIpc) is 3.07. The third kappa shape index (κ3) is 4.77. The number of pyridine rings is 1. The highest BCUT2D eigenvalue weighted by Gasteiger charge is 2.13. The summed E-state index contributed by atoms with van der Waals surface area (Å²) in [5, 5.41) is 17.9. The van der Waals surface area contributed by atoms with Crippen molar-refractivity contribution in [1.29, 1.82) is 0 Å². The fourth-order valence-electron chi connectivity index (χ4n) is 2.52. The number of ether oxygens (including phenoxy) is 1. The Kier molecular flexibility index (Phi) is 5.48. The molecule has 0 aliphatic rings. The van der Waals surface area contributed by atoms with Crippen molar-refractivity contribution >= 4 is 8.07 Å². The maximum atomic E-state index is 9.69. The fourth-order valence-corrected chi connectivity index (χ4v) is 3.28. The van der Waals surface area contributed by atoms with Crippen molar-refractivity contribution in [3.8, 4) is 28.3 Å². The lowest BCUT2D eigenvalue weighted by Crippen LogP contribution is -2.22. The summed E-state index contributed by atoms with van der Waals surface area (Å²) in [5.41, 5.74) is 2.67. The van der Waals surface area contributed by atoms with Crippen molar-refractivity contribution in [2.75, 3.05) is 6.61 Å². The maximum absolute atomic E-state index is 9.69. The highest BCUT2D eigenvalue weighted by molar-refractivity contribution is 6.76. The molecule has 2 heterocycles. The van der Waals surface area contributed by atoms with Crippen molar-refractivity contribution in [3.05, 3.63) is 49.1 Å². The van der Waals surface area contributed by atoms with E-state index in [1.165, 1.54) is 0 Å². The first-order valence-electron chi connectivity index (χ1n) is 8.63. The molecule has 0 fully saturated rings. The number of aromatic nitrogens is 4. The lowest BCUT2D eigenvalue weighted by Gasteiger charge is -2.15. The molecule has 26 heavy (non-hydrogen) atoms. The summed E-state index contributed by atoms with van der Waals surface area (Å²) in [4.78, 5) is 4.32. The Hall–Kier alpha value is -2.51. The van der Waals surface area contributed by atoms with E-state index in [4.69, 9.17) is 4.74 Å². The van der Waals surface area contributed by atoms with Gasteiger partial charge in [-0.15, -0.1) is 10.2 Å². The Labute approximate surface area is 154 Å². The van der Waals surface area contributed by atoms with Gasteiger partial charge in [0.25, 0.3) is 0 Å². The zero-order chi connectivity index (χ0) is 18.6. The number of rotatable bonds is 7. The van der Waals surface area contributed by atoms with Crippen LogP contribution in [0.25, 0.3) is 22.5 Å². The summed E-state index contributed by atoms with van der Waals surface area (Å²) < 4.78 is 7.69. The summed E-state index contributed by atoms with van der Waals surface area (Å²) in [7, 11) is -1.10. The van der Waals surface area contributed by atoms with Gasteiger partial charge in [-0.2, -0.15) is 0 Å². The molecule has 1 N–H and O–H groups in total. The van der Waals surface area contributed by atoms with Crippen LogP contribution in [-0.2, 0) is 11.5 Å². The number of hydrogen-bond acceptors (Lipinski definition) is 5. The smallest absolute Gasteiger partial charge is 0.167 e. The quantitative estimate of drug-likeness (QED) is 0.503. The van der Waals surface area contributed by atoms with Crippen molar-refractivity contribution in [1.82, 2.24) is 19.7 Å². The first kappa shape index (κ1) is 18.3. The molecule has 3 rings (SSSR count). The van der Waals surface area contributed by atoms with Crippen LogP contribution in [0.2, 0.25) is 25.7 Å². The topological polar surface area (TPSA) is 73.1 Å².